The van der Waals surface area contributed by atoms with Crippen molar-refractivity contribution in [2.75, 3.05) is 6.16 Å². The lowest BCUT2D eigenvalue weighted by atomic mass is 9.84. The van der Waals surface area contributed by atoms with Gasteiger partial charge in [-0.05, 0) is 86.9 Å². The zero-order valence-electron chi connectivity index (χ0n) is 23.4. The fourth-order valence-electron chi connectivity index (χ4n) is 6.52. The predicted molar refractivity (Wildman–Crippen MR) is 161 cm³/mol. The first-order chi connectivity index (χ1) is 17.5. The zero-order valence-corrected chi connectivity index (χ0v) is 24.3. The van der Waals surface area contributed by atoms with E-state index in [9.17, 15) is 0 Å². The third-order valence-electron chi connectivity index (χ3n) is 8.43. The average molecular weight is 499 g/mol. The third-order valence-corrected chi connectivity index (χ3v) is 11.8. The molecule has 36 heavy (non-hydrogen) atoms. The Bertz CT molecular complexity index is 1040. The number of unbranched alkanes of at least 4 members (excludes halogenated alkanes) is 5. The van der Waals surface area contributed by atoms with Crippen molar-refractivity contribution < 1.29 is 0 Å². The molecule has 4 rings (SSSR count). The summed E-state index contributed by atoms with van der Waals surface area (Å²) in [7, 11) is -0.144. The molecule has 3 aromatic rings. The Morgan fingerprint density at radius 3 is 1.69 bits per heavy atom. The van der Waals surface area contributed by atoms with E-state index in [2.05, 4.69) is 101 Å². The average Bonchev–Trinajstić information content (AvgIpc) is 2.87. The lowest BCUT2D eigenvalue weighted by Gasteiger charge is -2.44. The lowest BCUT2D eigenvalue weighted by Crippen LogP contribution is -2.20. The highest BCUT2D eigenvalue weighted by molar-refractivity contribution is 7.58. The Morgan fingerprint density at radius 1 is 0.639 bits per heavy atom. The molecule has 192 valence electrons. The predicted octanol–water partition coefficient (Wildman–Crippen LogP) is 11.1. The molecule has 1 heteroatoms. The second kappa shape index (κ2) is 13.1. The van der Waals surface area contributed by atoms with Gasteiger partial charge in [-0.15, -0.1) is 0 Å². The van der Waals surface area contributed by atoms with Gasteiger partial charge in [0.05, 0.1) is 0 Å². The van der Waals surface area contributed by atoms with Crippen LogP contribution in [0.4, 0.5) is 0 Å². The Kier molecular flexibility index (Phi) is 9.84. The van der Waals surface area contributed by atoms with Gasteiger partial charge in [-0.2, -0.15) is 0 Å². The van der Waals surface area contributed by atoms with E-state index in [1.165, 1.54) is 85.3 Å². The highest BCUT2D eigenvalue weighted by Crippen LogP contribution is 2.70. The van der Waals surface area contributed by atoms with E-state index in [1.54, 1.807) is 11.1 Å². The van der Waals surface area contributed by atoms with Crippen LogP contribution in [0.5, 0.6) is 0 Å². The standard InChI is InChI=1S/C35H47P/c1-6-7-8-9-10-14-21-36-34(32-19-17-26(2)22-28(32)4)24-31(30-15-12-11-13-16-30)25-35(36)33-20-18-27(3)23-29(33)5/h11-13,15-20,22-23,31,34-35H,6-10,14,21,24-25H2,1-5H3. The summed E-state index contributed by atoms with van der Waals surface area (Å²) >= 11 is 0. The first-order valence-corrected chi connectivity index (χ1v) is 16.1. The van der Waals surface area contributed by atoms with Gasteiger partial charge in [-0.1, -0.05) is 125 Å². The third kappa shape index (κ3) is 6.69. The minimum absolute atomic E-state index is 0.144. The Balaban J connectivity index is 1.71. The van der Waals surface area contributed by atoms with Gasteiger partial charge in [0.25, 0.3) is 0 Å². The molecule has 2 atom stereocenters. The Hall–Kier alpha value is -1.91. The fraction of sp³-hybridized carbons (Fsp3) is 0.486. The van der Waals surface area contributed by atoms with Crippen LogP contribution in [-0.4, -0.2) is 6.16 Å². The largest absolute Gasteiger partial charge is 0.0913 e. The number of rotatable bonds is 10. The molecule has 0 spiro atoms. The van der Waals surface area contributed by atoms with Gasteiger partial charge in [0.2, 0.25) is 0 Å². The molecule has 0 N–H and O–H groups in total. The van der Waals surface area contributed by atoms with E-state index in [-0.39, 0.29) is 7.92 Å². The minimum Gasteiger partial charge on any atom is -0.0913 e. The summed E-state index contributed by atoms with van der Waals surface area (Å²) in [4.78, 5) is 0. The second-order valence-corrected chi connectivity index (χ2v) is 14.1. The normalized spacial score (nSPS) is 22.0. The summed E-state index contributed by atoms with van der Waals surface area (Å²) in [5, 5.41) is 0. The molecule has 3 aromatic carbocycles. The molecular formula is C35H47P. The van der Waals surface area contributed by atoms with Crippen molar-refractivity contribution in [2.45, 2.75) is 103 Å². The van der Waals surface area contributed by atoms with Crippen LogP contribution < -0.4 is 0 Å². The van der Waals surface area contributed by atoms with Crippen molar-refractivity contribution >= 4 is 7.92 Å². The number of benzene rings is 3. The van der Waals surface area contributed by atoms with Crippen LogP contribution in [0.15, 0.2) is 66.7 Å². The minimum atomic E-state index is -0.144. The summed E-state index contributed by atoms with van der Waals surface area (Å²) in [5.41, 5.74) is 11.9. The Labute approximate surface area is 222 Å². The first kappa shape index (κ1) is 27.1. The summed E-state index contributed by atoms with van der Waals surface area (Å²) in [6, 6.07) is 25.9. The second-order valence-electron chi connectivity index (χ2n) is 11.3. The molecule has 2 unspecified atom stereocenters. The van der Waals surface area contributed by atoms with Gasteiger partial charge in [0, 0.05) is 11.3 Å². The summed E-state index contributed by atoms with van der Waals surface area (Å²) in [6.45, 7) is 11.5. The van der Waals surface area contributed by atoms with Crippen LogP contribution in [0, 0.1) is 27.7 Å². The van der Waals surface area contributed by atoms with E-state index in [4.69, 9.17) is 0 Å². The number of hydrogen-bond donors (Lipinski definition) is 0. The smallest absolute Gasteiger partial charge is 0.00557 e. The molecule has 0 saturated carbocycles. The monoisotopic (exact) mass is 498 g/mol. The summed E-state index contributed by atoms with van der Waals surface area (Å²) in [5.74, 6) is 0.630. The van der Waals surface area contributed by atoms with Crippen LogP contribution in [0.25, 0.3) is 0 Å². The summed E-state index contributed by atoms with van der Waals surface area (Å²) < 4.78 is 0. The molecule has 1 fully saturated rings. The first-order valence-electron chi connectivity index (χ1n) is 14.4. The van der Waals surface area contributed by atoms with E-state index >= 15 is 0 Å². The maximum Gasteiger partial charge on any atom is 0.00557 e. The molecule has 1 aliphatic heterocycles. The van der Waals surface area contributed by atoms with Gasteiger partial charge < -0.3 is 0 Å². The molecule has 0 bridgehead atoms. The molecule has 1 aliphatic rings. The van der Waals surface area contributed by atoms with Crippen LogP contribution in [0.3, 0.4) is 0 Å². The Morgan fingerprint density at radius 2 is 1.17 bits per heavy atom. The van der Waals surface area contributed by atoms with Crippen molar-refractivity contribution in [3.05, 3.63) is 106 Å². The molecule has 0 nitrogen and oxygen atoms in total. The van der Waals surface area contributed by atoms with Crippen molar-refractivity contribution in [2.24, 2.45) is 0 Å². The van der Waals surface area contributed by atoms with E-state index in [0.29, 0.717) is 17.2 Å². The van der Waals surface area contributed by atoms with Crippen molar-refractivity contribution in [3.63, 3.8) is 0 Å². The van der Waals surface area contributed by atoms with Gasteiger partial charge in [0.15, 0.2) is 0 Å². The van der Waals surface area contributed by atoms with Gasteiger partial charge in [-0.3, -0.25) is 0 Å². The quantitative estimate of drug-likeness (QED) is 0.193. The van der Waals surface area contributed by atoms with E-state index in [1.807, 2.05) is 0 Å². The molecule has 0 aromatic heterocycles. The van der Waals surface area contributed by atoms with Crippen LogP contribution in [0.2, 0.25) is 0 Å². The zero-order chi connectivity index (χ0) is 25.5. The van der Waals surface area contributed by atoms with Crippen molar-refractivity contribution in [3.8, 4) is 0 Å². The number of aryl methyl sites for hydroxylation is 4. The van der Waals surface area contributed by atoms with Crippen LogP contribution in [0.1, 0.15) is 114 Å². The van der Waals surface area contributed by atoms with E-state index < -0.39 is 0 Å². The highest BCUT2D eigenvalue weighted by atomic mass is 31.1. The van der Waals surface area contributed by atoms with Crippen molar-refractivity contribution in [1.82, 2.24) is 0 Å². The van der Waals surface area contributed by atoms with Crippen LogP contribution >= 0.6 is 7.92 Å². The molecule has 0 aliphatic carbocycles. The van der Waals surface area contributed by atoms with Gasteiger partial charge in [0.1, 0.15) is 0 Å². The molecule has 1 saturated heterocycles. The maximum atomic E-state index is 2.48. The van der Waals surface area contributed by atoms with Crippen LogP contribution in [-0.2, 0) is 0 Å². The molecule has 0 amide bonds. The maximum absolute atomic E-state index is 2.48. The molecule has 0 radical (unpaired) electrons. The van der Waals surface area contributed by atoms with E-state index in [0.717, 1.165) is 0 Å². The summed E-state index contributed by atoms with van der Waals surface area (Å²) in [6.07, 6.45) is 12.4. The highest BCUT2D eigenvalue weighted by Gasteiger charge is 2.40. The fourth-order valence-corrected chi connectivity index (χ4v) is 10.5. The molecule has 1 heterocycles. The topological polar surface area (TPSA) is 0 Å². The lowest BCUT2D eigenvalue weighted by molar-refractivity contribution is 0.522. The number of hydrogen-bond acceptors (Lipinski definition) is 0. The van der Waals surface area contributed by atoms with Gasteiger partial charge in [-0.25, -0.2) is 0 Å². The SMILES string of the molecule is CCCCCCCCP1C(c2ccc(C)cc2C)CC(c2ccccc2)CC1c1ccc(C)cc1C. The molecular weight excluding hydrogens is 451 g/mol. The van der Waals surface area contributed by atoms with Gasteiger partial charge >= 0.3 is 0 Å². The van der Waals surface area contributed by atoms with Crippen molar-refractivity contribution in [1.29, 1.82) is 0 Å².